The van der Waals surface area contributed by atoms with Gasteiger partial charge in [0, 0.05) is 12.8 Å². The monoisotopic (exact) mass is 335 g/mol. The van der Waals surface area contributed by atoms with E-state index in [-0.39, 0.29) is 0 Å². The minimum absolute atomic E-state index is 1.20. The summed E-state index contributed by atoms with van der Waals surface area (Å²) in [5.41, 5.74) is 3.07. The van der Waals surface area contributed by atoms with Crippen LogP contribution in [0.25, 0.3) is 0 Å². The zero-order valence-corrected chi connectivity index (χ0v) is 17.1. The molecule has 2 nitrogen and oxygen atoms in total. The van der Waals surface area contributed by atoms with E-state index in [1.807, 2.05) is 0 Å². The molecule has 0 saturated carbocycles. The maximum Gasteiger partial charge on any atom is 0.206 e. The summed E-state index contributed by atoms with van der Waals surface area (Å²) in [5, 5.41) is 0. The van der Waals surface area contributed by atoms with Gasteiger partial charge in [-0.3, -0.25) is 4.90 Å². The molecule has 1 atom stereocenters. The summed E-state index contributed by atoms with van der Waals surface area (Å²) in [6.07, 6.45) is 19.8. The fourth-order valence-electron chi connectivity index (χ4n) is 3.65. The van der Waals surface area contributed by atoms with Gasteiger partial charge in [-0.25, -0.2) is 0 Å². The summed E-state index contributed by atoms with van der Waals surface area (Å²) in [5.74, 6) is 1.42. The number of unbranched alkanes of at least 4 members (excludes halogenated alkanes) is 9. The summed E-state index contributed by atoms with van der Waals surface area (Å²) < 4.78 is 0. The van der Waals surface area contributed by atoms with Crippen LogP contribution >= 0.6 is 0 Å². The van der Waals surface area contributed by atoms with Crippen molar-refractivity contribution in [2.75, 3.05) is 7.05 Å². The van der Waals surface area contributed by atoms with E-state index in [4.69, 9.17) is 4.99 Å². The van der Waals surface area contributed by atoms with E-state index >= 15 is 0 Å². The number of allylic oxidation sites excluding steroid dienone is 2. The first-order valence-corrected chi connectivity index (χ1v) is 10.9. The highest BCUT2D eigenvalue weighted by molar-refractivity contribution is 5.77. The van der Waals surface area contributed by atoms with Gasteiger partial charge in [-0.1, -0.05) is 78.6 Å². The number of hydrogen-bond donors (Lipinski definition) is 1. The molecule has 0 radical (unpaired) electrons. The van der Waals surface area contributed by atoms with E-state index in [0.29, 0.717) is 0 Å². The van der Waals surface area contributed by atoms with Gasteiger partial charge in [-0.05, 0) is 25.7 Å². The van der Waals surface area contributed by atoms with E-state index in [0.717, 1.165) is 0 Å². The van der Waals surface area contributed by atoms with E-state index < -0.39 is 0 Å². The van der Waals surface area contributed by atoms with Crippen LogP contribution in [0.3, 0.4) is 0 Å². The van der Waals surface area contributed by atoms with Crippen LogP contribution in [0.5, 0.6) is 0 Å². The maximum atomic E-state index is 5.10. The Morgan fingerprint density at radius 3 is 1.67 bits per heavy atom. The van der Waals surface area contributed by atoms with Crippen molar-refractivity contribution < 1.29 is 4.90 Å². The molecule has 0 amide bonds. The van der Waals surface area contributed by atoms with Crippen LogP contribution < -0.4 is 4.90 Å². The minimum atomic E-state index is 1.20. The second-order valence-electron chi connectivity index (χ2n) is 7.54. The highest BCUT2D eigenvalue weighted by atomic mass is 15.2. The fraction of sp³-hybridized carbons (Fsp3) is 0.864. The molecule has 0 aromatic heterocycles. The van der Waals surface area contributed by atoms with Crippen LogP contribution in [0.15, 0.2) is 16.4 Å². The molecular weight excluding hydrogens is 292 g/mol. The van der Waals surface area contributed by atoms with Crippen molar-refractivity contribution in [3.8, 4) is 0 Å². The lowest BCUT2D eigenvalue weighted by Crippen LogP contribution is -3.08. The van der Waals surface area contributed by atoms with Crippen LogP contribution in [0.4, 0.5) is 0 Å². The van der Waals surface area contributed by atoms with Crippen LogP contribution in [0.2, 0.25) is 0 Å². The summed E-state index contributed by atoms with van der Waals surface area (Å²) in [6, 6.07) is 0. The van der Waals surface area contributed by atoms with E-state index in [1.165, 1.54) is 113 Å². The lowest BCUT2D eigenvalue weighted by Gasteiger charge is -2.13. The van der Waals surface area contributed by atoms with Gasteiger partial charge >= 0.3 is 0 Å². The third kappa shape index (κ3) is 7.96. The number of amidine groups is 1. The third-order valence-electron chi connectivity index (χ3n) is 5.32. The van der Waals surface area contributed by atoms with Crippen molar-refractivity contribution in [3.63, 3.8) is 0 Å². The summed E-state index contributed by atoms with van der Waals surface area (Å²) in [7, 11) is 2.34. The van der Waals surface area contributed by atoms with Gasteiger partial charge in [-0.2, -0.15) is 4.99 Å². The van der Waals surface area contributed by atoms with E-state index in [1.54, 1.807) is 5.70 Å². The average Bonchev–Trinajstić information content (AvgIpc) is 2.88. The molecule has 2 heteroatoms. The topological polar surface area (TPSA) is 16.8 Å². The highest BCUT2D eigenvalue weighted by Crippen LogP contribution is 2.21. The number of aliphatic imine (C=N–C) groups is 1. The minimum Gasteiger partial charge on any atom is -0.262 e. The molecule has 1 unspecified atom stereocenters. The molecule has 0 fully saturated rings. The molecule has 1 aliphatic heterocycles. The Balaban J connectivity index is 2.55. The zero-order chi connectivity index (χ0) is 17.6. The van der Waals surface area contributed by atoms with Crippen LogP contribution in [-0.2, 0) is 0 Å². The first-order valence-electron chi connectivity index (χ1n) is 10.9. The van der Waals surface area contributed by atoms with Crippen LogP contribution in [-0.4, -0.2) is 12.9 Å². The standard InChI is InChI=1S/C22H42N2/c1-5-8-11-14-17-20-21(18-15-12-9-6-2)24(4)22(23-20)19-16-13-10-7-3/h5-19H2,1-4H3/p+1. The Morgan fingerprint density at radius 2 is 1.12 bits per heavy atom. The van der Waals surface area contributed by atoms with Gasteiger partial charge in [0.05, 0.1) is 7.05 Å². The predicted molar refractivity (Wildman–Crippen MR) is 108 cm³/mol. The Bertz CT molecular complexity index is 381. The Morgan fingerprint density at radius 1 is 0.625 bits per heavy atom. The molecule has 140 valence electrons. The number of hydrogen-bond acceptors (Lipinski definition) is 1. The van der Waals surface area contributed by atoms with E-state index in [9.17, 15) is 0 Å². The molecule has 24 heavy (non-hydrogen) atoms. The van der Waals surface area contributed by atoms with Gasteiger partial charge < -0.3 is 0 Å². The van der Waals surface area contributed by atoms with Crippen molar-refractivity contribution in [2.24, 2.45) is 4.99 Å². The van der Waals surface area contributed by atoms with Crippen molar-refractivity contribution in [3.05, 3.63) is 11.4 Å². The largest absolute Gasteiger partial charge is 0.262 e. The van der Waals surface area contributed by atoms with Crippen molar-refractivity contribution in [2.45, 2.75) is 117 Å². The van der Waals surface area contributed by atoms with Gasteiger partial charge in [0.15, 0.2) is 0 Å². The zero-order valence-electron chi connectivity index (χ0n) is 17.1. The molecule has 0 spiro atoms. The summed E-state index contributed by atoms with van der Waals surface area (Å²) in [6.45, 7) is 6.87. The van der Waals surface area contributed by atoms with E-state index in [2.05, 4.69) is 27.8 Å². The lowest BCUT2D eigenvalue weighted by atomic mass is 10.1. The number of nitrogens with one attached hydrogen (secondary N) is 1. The lowest BCUT2D eigenvalue weighted by molar-refractivity contribution is -0.738. The van der Waals surface area contributed by atoms with Gasteiger partial charge in [0.1, 0.15) is 11.4 Å². The quantitative estimate of drug-likeness (QED) is 0.352. The second-order valence-corrected chi connectivity index (χ2v) is 7.54. The maximum absolute atomic E-state index is 5.10. The molecule has 0 aliphatic carbocycles. The number of nitrogens with zero attached hydrogens (tertiary/aromatic N) is 1. The molecular formula is C22H43N2+. The molecule has 0 aromatic carbocycles. The van der Waals surface area contributed by atoms with Gasteiger partial charge in [-0.15, -0.1) is 0 Å². The van der Waals surface area contributed by atoms with Gasteiger partial charge in [0.2, 0.25) is 5.84 Å². The van der Waals surface area contributed by atoms with Crippen molar-refractivity contribution in [1.82, 2.24) is 0 Å². The molecule has 0 saturated heterocycles. The molecule has 1 rings (SSSR count). The second kappa shape index (κ2) is 13.6. The predicted octanol–water partition coefficient (Wildman–Crippen LogP) is 6.04. The third-order valence-corrected chi connectivity index (χ3v) is 5.32. The number of rotatable bonds is 15. The van der Waals surface area contributed by atoms with Crippen LogP contribution in [0, 0.1) is 0 Å². The summed E-state index contributed by atoms with van der Waals surface area (Å²) >= 11 is 0. The first kappa shape index (κ1) is 21.4. The van der Waals surface area contributed by atoms with Crippen molar-refractivity contribution >= 4 is 5.84 Å². The Hall–Kier alpha value is -0.630. The average molecular weight is 336 g/mol. The van der Waals surface area contributed by atoms with Crippen LogP contribution in [0.1, 0.15) is 117 Å². The smallest absolute Gasteiger partial charge is 0.206 e. The number of quaternary nitrogens is 1. The molecule has 1 heterocycles. The Labute approximate surface area is 151 Å². The SMILES string of the molecule is CCCCCCC1=NC(CCCCCC)=C(CCCCCC)[NH+]1C. The first-order chi connectivity index (χ1) is 11.7. The fourth-order valence-corrected chi connectivity index (χ4v) is 3.65. The normalized spacial score (nSPS) is 17.7. The van der Waals surface area contributed by atoms with Gasteiger partial charge in [0.25, 0.3) is 0 Å². The summed E-state index contributed by atoms with van der Waals surface area (Å²) in [4.78, 5) is 6.64. The molecule has 0 bridgehead atoms. The van der Waals surface area contributed by atoms with Crippen molar-refractivity contribution in [1.29, 1.82) is 0 Å². The highest BCUT2D eigenvalue weighted by Gasteiger charge is 2.28. The Kier molecular flexibility index (Phi) is 12.2. The molecule has 1 N–H and O–H groups in total. The molecule has 1 aliphatic rings. The molecule has 0 aromatic rings.